The zero-order valence-electron chi connectivity index (χ0n) is 11.6. The first kappa shape index (κ1) is 15.2. The molecule has 1 aromatic rings. The molecule has 0 atom stereocenters. The van der Waals surface area contributed by atoms with Crippen LogP contribution in [0.4, 0.5) is 5.69 Å². The Bertz CT molecular complexity index is 470. The maximum Gasteiger partial charge on any atom is 0.313 e. The third-order valence-corrected chi connectivity index (χ3v) is 2.58. The van der Waals surface area contributed by atoms with Crippen LogP contribution < -0.4 is 10.1 Å². The third-order valence-electron chi connectivity index (χ3n) is 2.58. The number of nitro groups is 1. The number of rotatable bonds is 7. The van der Waals surface area contributed by atoms with Gasteiger partial charge in [0.1, 0.15) is 6.61 Å². The quantitative estimate of drug-likeness (QED) is 0.467. The average Bonchev–Trinajstić information content (AvgIpc) is 2.33. The van der Waals surface area contributed by atoms with Gasteiger partial charge in [-0.1, -0.05) is 32.6 Å². The number of ether oxygens (including phenoxy) is 1. The zero-order valence-corrected chi connectivity index (χ0v) is 11.6. The predicted molar refractivity (Wildman–Crippen MR) is 75.6 cm³/mol. The highest BCUT2D eigenvalue weighted by atomic mass is 16.6. The first-order chi connectivity index (χ1) is 8.91. The molecule has 0 fully saturated rings. The van der Waals surface area contributed by atoms with Crippen molar-refractivity contribution in [2.45, 2.75) is 26.8 Å². The Balaban J connectivity index is 2.65. The molecular formula is C14H20N2O3. The van der Waals surface area contributed by atoms with E-state index in [4.69, 9.17) is 4.74 Å². The van der Waals surface area contributed by atoms with Crippen molar-refractivity contribution in [3.05, 3.63) is 46.0 Å². The van der Waals surface area contributed by atoms with Crippen LogP contribution in [-0.4, -0.2) is 24.1 Å². The molecule has 0 aromatic heterocycles. The van der Waals surface area contributed by atoms with Crippen molar-refractivity contribution in [3.63, 3.8) is 0 Å². The molecule has 0 bridgehead atoms. The number of aryl methyl sites for hydroxylation is 1. The van der Waals surface area contributed by atoms with E-state index in [1.807, 2.05) is 13.8 Å². The lowest BCUT2D eigenvalue weighted by Crippen LogP contribution is -2.26. The Morgan fingerprint density at radius 3 is 2.79 bits per heavy atom. The molecule has 0 saturated carbocycles. The van der Waals surface area contributed by atoms with E-state index < -0.39 is 4.92 Å². The number of hydrogen-bond donors (Lipinski definition) is 1. The highest BCUT2D eigenvalue weighted by molar-refractivity contribution is 5.52. The SMILES string of the molecule is C=C(CNC(C)C)COc1cccc(C)c1[N+](=O)[O-]. The molecular weight excluding hydrogens is 244 g/mol. The summed E-state index contributed by atoms with van der Waals surface area (Å²) in [4.78, 5) is 10.6. The van der Waals surface area contributed by atoms with Crippen molar-refractivity contribution in [2.75, 3.05) is 13.2 Å². The molecule has 0 aliphatic carbocycles. The predicted octanol–water partition coefficient (Wildman–Crippen LogP) is 2.84. The lowest BCUT2D eigenvalue weighted by atomic mass is 10.2. The van der Waals surface area contributed by atoms with E-state index in [0.717, 1.165) is 5.57 Å². The van der Waals surface area contributed by atoms with Crippen LogP contribution in [0.15, 0.2) is 30.4 Å². The smallest absolute Gasteiger partial charge is 0.313 e. The second kappa shape index (κ2) is 6.89. The van der Waals surface area contributed by atoms with Crippen molar-refractivity contribution < 1.29 is 9.66 Å². The molecule has 104 valence electrons. The van der Waals surface area contributed by atoms with Crippen molar-refractivity contribution in [2.24, 2.45) is 0 Å². The number of nitrogens with zero attached hydrogens (tertiary/aromatic N) is 1. The molecule has 0 saturated heterocycles. The molecule has 0 radical (unpaired) electrons. The minimum Gasteiger partial charge on any atom is -0.482 e. The van der Waals surface area contributed by atoms with Gasteiger partial charge >= 0.3 is 5.69 Å². The molecule has 5 nitrogen and oxygen atoms in total. The monoisotopic (exact) mass is 264 g/mol. The van der Waals surface area contributed by atoms with Crippen LogP contribution in [0.5, 0.6) is 5.75 Å². The largest absolute Gasteiger partial charge is 0.482 e. The van der Waals surface area contributed by atoms with Crippen LogP contribution in [0, 0.1) is 17.0 Å². The fourth-order valence-corrected chi connectivity index (χ4v) is 1.56. The first-order valence-electron chi connectivity index (χ1n) is 6.18. The summed E-state index contributed by atoms with van der Waals surface area (Å²) in [7, 11) is 0. The van der Waals surface area contributed by atoms with E-state index in [1.165, 1.54) is 0 Å². The number of benzene rings is 1. The Kier molecular flexibility index (Phi) is 5.51. The average molecular weight is 264 g/mol. The van der Waals surface area contributed by atoms with Gasteiger partial charge in [-0.15, -0.1) is 0 Å². The zero-order chi connectivity index (χ0) is 14.4. The van der Waals surface area contributed by atoms with Crippen LogP contribution in [-0.2, 0) is 0 Å². The van der Waals surface area contributed by atoms with Gasteiger partial charge in [0.15, 0.2) is 5.75 Å². The van der Waals surface area contributed by atoms with Gasteiger partial charge in [0.2, 0.25) is 0 Å². The standard InChI is InChI=1S/C14H20N2O3/c1-10(2)15-8-11(3)9-19-13-7-5-6-12(4)14(13)16(17)18/h5-7,10,15H,3,8-9H2,1-2,4H3. The molecule has 1 aromatic carbocycles. The number of nitro benzene ring substituents is 1. The fourth-order valence-electron chi connectivity index (χ4n) is 1.56. The van der Waals surface area contributed by atoms with Gasteiger partial charge in [0.05, 0.1) is 4.92 Å². The molecule has 0 heterocycles. The van der Waals surface area contributed by atoms with Gasteiger partial charge in [-0.05, 0) is 18.6 Å². The van der Waals surface area contributed by atoms with Gasteiger partial charge in [-0.25, -0.2) is 0 Å². The molecule has 0 amide bonds. The second-order valence-corrected chi connectivity index (χ2v) is 4.75. The Morgan fingerprint density at radius 1 is 1.53 bits per heavy atom. The van der Waals surface area contributed by atoms with Crippen LogP contribution in [0.3, 0.4) is 0 Å². The Morgan fingerprint density at radius 2 is 2.21 bits per heavy atom. The summed E-state index contributed by atoms with van der Waals surface area (Å²) in [5.41, 5.74) is 1.46. The van der Waals surface area contributed by atoms with Gasteiger partial charge in [-0.2, -0.15) is 0 Å². The lowest BCUT2D eigenvalue weighted by molar-refractivity contribution is -0.386. The molecule has 1 N–H and O–H groups in total. The van der Waals surface area contributed by atoms with Crippen molar-refractivity contribution in [3.8, 4) is 5.75 Å². The van der Waals surface area contributed by atoms with Gasteiger partial charge < -0.3 is 10.1 Å². The first-order valence-corrected chi connectivity index (χ1v) is 6.18. The maximum absolute atomic E-state index is 11.0. The molecule has 0 spiro atoms. The van der Waals surface area contributed by atoms with Crippen molar-refractivity contribution >= 4 is 5.69 Å². The summed E-state index contributed by atoms with van der Waals surface area (Å²) >= 11 is 0. The highest BCUT2D eigenvalue weighted by Crippen LogP contribution is 2.30. The summed E-state index contributed by atoms with van der Waals surface area (Å²) in [5.74, 6) is 0.288. The van der Waals surface area contributed by atoms with Crippen LogP contribution in [0.25, 0.3) is 0 Å². The summed E-state index contributed by atoms with van der Waals surface area (Å²) < 4.78 is 5.49. The molecule has 5 heteroatoms. The van der Waals surface area contributed by atoms with E-state index in [-0.39, 0.29) is 18.0 Å². The minimum absolute atomic E-state index is 0.0205. The van der Waals surface area contributed by atoms with Crippen LogP contribution >= 0.6 is 0 Å². The molecule has 19 heavy (non-hydrogen) atoms. The summed E-state index contributed by atoms with van der Waals surface area (Å²) in [6.07, 6.45) is 0. The normalized spacial score (nSPS) is 10.5. The number of para-hydroxylation sites is 1. The van der Waals surface area contributed by atoms with Crippen molar-refractivity contribution in [1.29, 1.82) is 0 Å². The molecule has 1 rings (SSSR count). The maximum atomic E-state index is 11.0. The van der Waals surface area contributed by atoms with Gasteiger partial charge in [0, 0.05) is 18.2 Å². The summed E-state index contributed by atoms with van der Waals surface area (Å²) in [6, 6.07) is 5.41. The van der Waals surface area contributed by atoms with Crippen molar-refractivity contribution in [1.82, 2.24) is 5.32 Å². The Labute approximate surface area is 113 Å². The Hall–Kier alpha value is -1.88. The minimum atomic E-state index is -0.417. The molecule has 0 aliphatic heterocycles. The van der Waals surface area contributed by atoms with E-state index in [0.29, 0.717) is 18.2 Å². The third kappa shape index (κ3) is 4.71. The molecule has 0 unspecified atom stereocenters. The van der Waals surface area contributed by atoms with E-state index in [2.05, 4.69) is 11.9 Å². The van der Waals surface area contributed by atoms with Gasteiger partial charge in [0.25, 0.3) is 0 Å². The van der Waals surface area contributed by atoms with Gasteiger partial charge in [-0.3, -0.25) is 10.1 Å². The fraction of sp³-hybridized carbons (Fsp3) is 0.429. The summed E-state index contributed by atoms with van der Waals surface area (Å²) in [6.45, 7) is 10.6. The number of hydrogen-bond acceptors (Lipinski definition) is 4. The van der Waals surface area contributed by atoms with Crippen LogP contribution in [0.2, 0.25) is 0 Å². The topological polar surface area (TPSA) is 64.4 Å². The lowest BCUT2D eigenvalue weighted by Gasteiger charge is -2.12. The number of nitrogens with one attached hydrogen (secondary N) is 1. The highest BCUT2D eigenvalue weighted by Gasteiger charge is 2.18. The van der Waals surface area contributed by atoms with E-state index >= 15 is 0 Å². The van der Waals surface area contributed by atoms with E-state index in [9.17, 15) is 10.1 Å². The summed E-state index contributed by atoms with van der Waals surface area (Å²) in [5, 5.41) is 14.2. The van der Waals surface area contributed by atoms with Crippen LogP contribution in [0.1, 0.15) is 19.4 Å². The van der Waals surface area contributed by atoms with E-state index in [1.54, 1.807) is 25.1 Å². The second-order valence-electron chi connectivity index (χ2n) is 4.75. The molecule has 0 aliphatic rings.